The molecule has 2 unspecified atom stereocenters. The van der Waals surface area contributed by atoms with Crippen LogP contribution in [0.4, 0.5) is 0 Å². The van der Waals surface area contributed by atoms with Crippen LogP contribution < -0.4 is 0 Å². The van der Waals surface area contributed by atoms with Crippen LogP contribution in [0, 0.1) is 11.3 Å². The Bertz CT molecular complexity index is 271. The van der Waals surface area contributed by atoms with Crippen LogP contribution in [0.2, 0.25) is 0 Å². The third-order valence-corrected chi connectivity index (χ3v) is 4.97. The van der Waals surface area contributed by atoms with Gasteiger partial charge >= 0.3 is 0 Å². The number of ether oxygens (including phenoxy) is 1. The average molecular weight is 194 g/mol. The van der Waals surface area contributed by atoms with E-state index in [2.05, 4.69) is 16.7 Å². The molecule has 0 N–H and O–H groups in total. The molecule has 5 aliphatic rings. The van der Waals surface area contributed by atoms with Gasteiger partial charge < -0.3 is 14.5 Å². The molecule has 5 fully saturated rings. The first-order chi connectivity index (χ1) is 6.72. The number of nitrogens with zero attached hydrogens (tertiary/aromatic N) is 2. The van der Waals surface area contributed by atoms with Gasteiger partial charge in [0.1, 0.15) is 5.60 Å². The summed E-state index contributed by atoms with van der Waals surface area (Å²) in [6, 6.07) is 0. The van der Waals surface area contributed by atoms with Crippen LogP contribution in [-0.2, 0) is 4.74 Å². The van der Waals surface area contributed by atoms with Crippen LogP contribution in [0.1, 0.15) is 6.92 Å². The van der Waals surface area contributed by atoms with Gasteiger partial charge in [-0.3, -0.25) is 0 Å². The van der Waals surface area contributed by atoms with Gasteiger partial charge in [0.05, 0.1) is 6.61 Å². The van der Waals surface area contributed by atoms with Crippen molar-refractivity contribution in [3.63, 3.8) is 0 Å². The second-order valence-corrected chi connectivity index (χ2v) is 5.91. The Hall–Kier alpha value is -0.120. The van der Waals surface area contributed by atoms with Crippen molar-refractivity contribution in [2.75, 3.05) is 45.9 Å². The fourth-order valence-electron chi connectivity index (χ4n) is 4.19. The lowest BCUT2D eigenvalue weighted by Gasteiger charge is -2.52. The van der Waals surface area contributed by atoms with Crippen LogP contribution in [0.3, 0.4) is 0 Å². The molecule has 5 heterocycles. The van der Waals surface area contributed by atoms with Crippen LogP contribution in [-0.4, -0.2) is 61.3 Å². The molecule has 3 nitrogen and oxygen atoms in total. The molecule has 3 atom stereocenters. The summed E-state index contributed by atoms with van der Waals surface area (Å²) in [5.74, 6) is 0.789. The molecule has 0 radical (unpaired) electrons. The van der Waals surface area contributed by atoms with Gasteiger partial charge in [0.25, 0.3) is 0 Å². The smallest absolute Gasteiger partial charge is 0.105 e. The van der Waals surface area contributed by atoms with E-state index in [1.54, 1.807) is 0 Å². The van der Waals surface area contributed by atoms with Crippen LogP contribution >= 0.6 is 0 Å². The van der Waals surface area contributed by atoms with Gasteiger partial charge in [-0.25, -0.2) is 0 Å². The molecule has 5 rings (SSSR count). The zero-order valence-corrected chi connectivity index (χ0v) is 8.83. The molecular formula is C11H18N2O. The lowest BCUT2D eigenvalue weighted by atomic mass is 9.64. The first-order valence-electron chi connectivity index (χ1n) is 5.81. The summed E-state index contributed by atoms with van der Waals surface area (Å²) < 4.78 is 5.88. The van der Waals surface area contributed by atoms with E-state index in [0.717, 1.165) is 12.5 Å². The third kappa shape index (κ3) is 0.765. The summed E-state index contributed by atoms with van der Waals surface area (Å²) in [6.45, 7) is 11.1. The number of fused-ring (bicyclic) bond motifs is 1. The minimum Gasteiger partial charge on any atom is -0.368 e. The highest BCUT2D eigenvalue weighted by Crippen LogP contribution is 2.56. The second kappa shape index (κ2) is 2.18. The van der Waals surface area contributed by atoms with E-state index in [1.807, 2.05) is 0 Å². The largest absolute Gasteiger partial charge is 0.368 e. The van der Waals surface area contributed by atoms with Crippen molar-refractivity contribution in [1.82, 2.24) is 9.80 Å². The van der Waals surface area contributed by atoms with Crippen LogP contribution in [0.5, 0.6) is 0 Å². The first-order valence-corrected chi connectivity index (χ1v) is 5.81. The van der Waals surface area contributed by atoms with E-state index in [9.17, 15) is 0 Å². The van der Waals surface area contributed by atoms with E-state index in [4.69, 9.17) is 4.74 Å². The topological polar surface area (TPSA) is 19.0 Å². The van der Waals surface area contributed by atoms with Crippen molar-refractivity contribution in [1.29, 1.82) is 0 Å². The zero-order chi connectivity index (χ0) is 9.39. The van der Waals surface area contributed by atoms with Gasteiger partial charge in [-0.15, -0.1) is 0 Å². The highest BCUT2D eigenvalue weighted by atomic mass is 16.6. The van der Waals surface area contributed by atoms with Crippen molar-refractivity contribution in [2.45, 2.75) is 12.5 Å². The maximum Gasteiger partial charge on any atom is 0.105 e. The molecule has 1 spiro atoms. The number of rotatable bonds is 0. The normalized spacial score (nSPS) is 64.5. The van der Waals surface area contributed by atoms with E-state index in [-0.39, 0.29) is 0 Å². The first kappa shape index (κ1) is 8.08. The third-order valence-electron chi connectivity index (χ3n) is 4.97. The second-order valence-electron chi connectivity index (χ2n) is 5.91. The van der Waals surface area contributed by atoms with Crippen LogP contribution in [0.15, 0.2) is 0 Å². The fourth-order valence-corrected chi connectivity index (χ4v) is 4.19. The van der Waals surface area contributed by atoms with Gasteiger partial charge in [0, 0.05) is 50.6 Å². The van der Waals surface area contributed by atoms with Gasteiger partial charge in [-0.1, -0.05) is 6.92 Å². The number of hydrogen-bond donors (Lipinski definition) is 0. The summed E-state index contributed by atoms with van der Waals surface area (Å²) >= 11 is 0. The molecule has 0 saturated carbocycles. The lowest BCUT2D eigenvalue weighted by molar-refractivity contribution is -0.0675. The Balaban J connectivity index is 1.82. The SMILES string of the molecule is CC12CN3CCN(CC(C3)[C@]13CO3)C2. The number of epoxide rings is 1. The Morgan fingerprint density at radius 1 is 1.14 bits per heavy atom. The predicted molar refractivity (Wildman–Crippen MR) is 53.2 cm³/mol. The summed E-state index contributed by atoms with van der Waals surface area (Å²) in [7, 11) is 0. The van der Waals surface area contributed by atoms with Gasteiger partial charge in [-0.2, -0.15) is 0 Å². The van der Waals surface area contributed by atoms with Gasteiger partial charge in [0.15, 0.2) is 0 Å². The minimum absolute atomic E-state index is 0.296. The van der Waals surface area contributed by atoms with Crippen molar-refractivity contribution in [3.8, 4) is 0 Å². The quantitative estimate of drug-likeness (QED) is 0.507. The summed E-state index contributed by atoms with van der Waals surface area (Å²) in [5, 5.41) is 0. The standard InChI is InChI=1S/C11H18N2O/c1-10-6-12-2-3-13(7-10)5-9(4-12)11(10)8-14-11/h9H,2-8H2,1H3/t9?,10?,11-/m1/s1. The molecule has 0 aliphatic carbocycles. The average Bonchev–Trinajstić information content (AvgIpc) is 2.84. The van der Waals surface area contributed by atoms with Gasteiger partial charge in [-0.05, 0) is 0 Å². The van der Waals surface area contributed by atoms with Crippen molar-refractivity contribution in [2.24, 2.45) is 11.3 Å². The summed E-state index contributed by atoms with van der Waals surface area (Å²) in [5.41, 5.74) is 0.717. The predicted octanol–water partition coefficient (Wildman–Crippen LogP) is 0.0227. The Morgan fingerprint density at radius 3 is 2.14 bits per heavy atom. The molecule has 0 aromatic rings. The van der Waals surface area contributed by atoms with Crippen molar-refractivity contribution < 1.29 is 4.74 Å². The van der Waals surface area contributed by atoms with E-state index < -0.39 is 0 Å². The van der Waals surface area contributed by atoms with E-state index in [0.29, 0.717) is 11.0 Å². The molecule has 78 valence electrons. The Kier molecular flexibility index (Phi) is 1.26. The van der Waals surface area contributed by atoms with Gasteiger partial charge in [0.2, 0.25) is 0 Å². The highest BCUT2D eigenvalue weighted by molar-refractivity contribution is 5.19. The molecule has 3 heteroatoms. The maximum absolute atomic E-state index is 5.88. The monoisotopic (exact) mass is 194 g/mol. The fraction of sp³-hybridized carbons (Fsp3) is 1.00. The molecule has 4 bridgehead atoms. The molecule has 14 heavy (non-hydrogen) atoms. The molecular weight excluding hydrogens is 176 g/mol. The van der Waals surface area contributed by atoms with Crippen molar-refractivity contribution in [3.05, 3.63) is 0 Å². The molecule has 0 aromatic carbocycles. The minimum atomic E-state index is 0.296. The summed E-state index contributed by atoms with van der Waals surface area (Å²) in [4.78, 5) is 5.31. The molecule has 5 aliphatic heterocycles. The number of hydrogen-bond acceptors (Lipinski definition) is 3. The lowest BCUT2D eigenvalue weighted by Crippen LogP contribution is -2.64. The molecule has 5 saturated heterocycles. The molecule has 0 amide bonds. The van der Waals surface area contributed by atoms with Crippen LogP contribution in [0.25, 0.3) is 0 Å². The summed E-state index contributed by atoms with van der Waals surface area (Å²) in [6.07, 6.45) is 0. The number of piperidine rings is 2. The van der Waals surface area contributed by atoms with E-state index in [1.165, 1.54) is 39.3 Å². The zero-order valence-electron chi connectivity index (χ0n) is 8.83. The van der Waals surface area contributed by atoms with E-state index >= 15 is 0 Å². The Labute approximate surface area is 85.0 Å². The highest BCUT2D eigenvalue weighted by Gasteiger charge is 2.69. The maximum atomic E-state index is 5.88. The Morgan fingerprint density at radius 2 is 1.71 bits per heavy atom. The van der Waals surface area contributed by atoms with Crippen molar-refractivity contribution >= 4 is 0 Å². The molecule has 0 aromatic heterocycles.